The molecule has 1 rings (SSSR count). The number of ether oxygens (including phenoxy) is 6. The number of unbranched alkanes of at least 4 members (excludes halogenated alkanes) is 6. The van der Waals surface area contributed by atoms with E-state index in [1.807, 2.05) is 13.8 Å². The Kier molecular flexibility index (Phi) is 29.2. The van der Waals surface area contributed by atoms with Gasteiger partial charge in [-0.05, 0) is 114 Å². The largest absolute Gasteiger partial charge is 0.508 e. The number of H-pyrrole nitrogens is 1. The zero-order chi connectivity index (χ0) is 49.4. The number of nitrogens with one attached hydrogen (secondary N) is 6. The van der Waals surface area contributed by atoms with E-state index in [0.29, 0.717) is 64.0 Å². The van der Waals surface area contributed by atoms with Crippen LogP contribution in [0.1, 0.15) is 131 Å². The van der Waals surface area contributed by atoms with Crippen molar-refractivity contribution in [3.8, 4) is 0 Å². The maximum absolute atomic E-state index is 12.2. The molecule has 0 spiro atoms. The van der Waals surface area contributed by atoms with Crippen molar-refractivity contribution in [3.05, 3.63) is 34.8 Å². The average Bonchev–Trinajstić information content (AvgIpc) is 3.22. The van der Waals surface area contributed by atoms with Crippen LogP contribution in [-0.4, -0.2) is 112 Å². The van der Waals surface area contributed by atoms with Gasteiger partial charge in [0.15, 0.2) is 0 Å². The third-order valence-corrected chi connectivity index (χ3v) is 10.2. The number of urea groups is 1. The molecule has 376 valence electrons. The highest BCUT2D eigenvalue weighted by Crippen LogP contribution is 2.29. The summed E-state index contributed by atoms with van der Waals surface area (Å²) in [5.41, 5.74) is -0.0418. The Morgan fingerprint density at radius 1 is 0.682 bits per heavy atom. The number of hydrogen-bond donors (Lipinski definition) is 6. The third-order valence-electron chi connectivity index (χ3n) is 10.2. The number of carbonyl (C=O) groups is 6. The van der Waals surface area contributed by atoms with Crippen LogP contribution in [0.2, 0.25) is 0 Å². The smallest absolute Gasteiger partial charge is 0.456 e. The number of hydrogen-bond acceptors (Lipinski definition) is 14. The quantitative estimate of drug-likeness (QED) is 0.0171. The highest BCUT2D eigenvalue weighted by Gasteiger charge is 2.23. The molecule has 20 nitrogen and oxygen atoms in total. The van der Waals surface area contributed by atoms with Crippen molar-refractivity contribution >= 4 is 42.4 Å². The average molecular weight is 938 g/mol. The fourth-order valence-electron chi connectivity index (χ4n) is 6.98. The first-order chi connectivity index (χ1) is 31.2. The molecule has 1 aromatic rings. The summed E-state index contributed by atoms with van der Waals surface area (Å²) in [5.74, 6) is -0.151. The molecule has 6 N–H and O–H groups in total. The minimum atomic E-state index is -0.700. The molecule has 20 heteroatoms. The first kappa shape index (κ1) is 58.5. The predicted octanol–water partition coefficient (Wildman–Crippen LogP) is 7.66. The fraction of sp³-hybridized carbons (Fsp3) is 0.739. The van der Waals surface area contributed by atoms with Gasteiger partial charge < -0.3 is 49.7 Å². The maximum Gasteiger partial charge on any atom is 0.508 e. The fourth-order valence-corrected chi connectivity index (χ4v) is 6.98. The molecular formula is C46H79N7O13. The van der Waals surface area contributed by atoms with Crippen LogP contribution in [0.3, 0.4) is 0 Å². The van der Waals surface area contributed by atoms with Gasteiger partial charge in [-0.1, -0.05) is 48.1 Å². The van der Waals surface area contributed by atoms with Crippen LogP contribution in [0.5, 0.6) is 0 Å². The topological polar surface area (TPSA) is 264 Å². The lowest BCUT2D eigenvalue weighted by molar-refractivity contribution is -0.143. The number of aromatic amines is 1. The molecular weight excluding hydrogens is 859 g/mol. The van der Waals surface area contributed by atoms with E-state index in [4.69, 9.17) is 28.4 Å². The molecule has 5 amide bonds. The lowest BCUT2D eigenvalue weighted by atomic mass is 9.80. The van der Waals surface area contributed by atoms with Gasteiger partial charge in [0.2, 0.25) is 5.95 Å². The molecule has 0 saturated carbocycles. The first-order valence-corrected chi connectivity index (χ1v) is 23.2. The molecule has 0 aliphatic carbocycles. The molecule has 0 aliphatic heterocycles. The van der Waals surface area contributed by atoms with E-state index < -0.39 is 42.5 Å². The Morgan fingerprint density at radius 3 is 1.62 bits per heavy atom. The lowest BCUT2D eigenvalue weighted by Crippen LogP contribution is -2.35. The van der Waals surface area contributed by atoms with E-state index in [1.165, 1.54) is 6.07 Å². The van der Waals surface area contributed by atoms with Gasteiger partial charge in [-0.2, -0.15) is 0 Å². The van der Waals surface area contributed by atoms with Crippen molar-refractivity contribution in [2.75, 3.05) is 64.5 Å². The molecule has 0 aromatic carbocycles. The summed E-state index contributed by atoms with van der Waals surface area (Å²) in [5, 5.41) is 13.6. The van der Waals surface area contributed by atoms with Gasteiger partial charge in [0.1, 0.15) is 12.7 Å². The van der Waals surface area contributed by atoms with E-state index in [0.717, 1.165) is 51.0 Å². The van der Waals surface area contributed by atoms with Crippen LogP contribution in [0.4, 0.5) is 29.9 Å². The highest BCUT2D eigenvalue weighted by molar-refractivity contribution is 5.87. The Morgan fingerprint density at radius 2 is 1.14 bits per heavy atom. The number of esters is 1. The molecule has 3 unspecified atom stereocenters. The predicted molar refractivity (Wildman–Crippen MR) is 249 cm³/mol. The van der Waals surface area contributed by atoms with Crippen LogP contribution >= 0.6 is 0 Å². The second kappa shape index (κ2) is 33.0. The highest BCUT2D eigenvalue weighted by atomic mass is 16.7. The van der Waals surface area contributed by atoms with Crippen LogP contribution in [0.25, 0.3) is 0 Å². The second-order valence-corrected chi connectivity index (χ2v) is 18.3. The number of alkyl carbamates (subject to hydrolysis) is 3. The number of carbonyl (C=O) groups excluding carboxylic acids is 6. The number of anilines is 1. The van der Waals surface area contributed by atoms with Crippen LogP contribution in [-0.2, 0) is 33.2 Å². The first-order valence-electron chi connectivity index (χ1n) is 23.2. The number of aromatic nitrogens is 2. The summed E-state index contributed by atoms with van der Waals surface area (Å²) in [6.45, 7) is 21.8. The minimum absolute atomic E-state index is 0.0612. The Balaban J connectivity index is 1.98. The molecule has 3 atom stereocenters. The van der Waals surface area contributed by atoms with E-state index in [-0.39, 0.29) is 67.2 Å². The number of rotatable bonds is 33. The standard InChI is InChI=1S/C46H79N7O13/c1-10-38(55)66-36(5)32-65-42(58)48-22-20-46(8,9)29-34(3)31-50-43(59)62-24-16-12-14-18-26-64-44(60)63-25-17-13-11-15-23-61-41(57)47-21-19-45(6,7)28-33(2)30-49-40(56)53-39-51-35(4)27-37(54)52-39/h10,27,33-34,36H,1,11-26,28-32H2,2-9H3,(H,47,57)(H,48,58)(H,50,59)(H3,49,51,52,53,54,56). The molecule has 0 fully saturated rings. The summed E-state index contributed by atoms with van der Waals surface area (Å²) in [7, 11) is 0. The van der Waals surface area contributed by atoms with Crippen LogP contribution < -0.4 is 32.1 Å². The number of aryl methyl sites for hydroxylation is 1. The van der Waals surface area contributed by atoms with Gasteiger partial charge in [-0.3, -0.25) is 15.1 Å². The summed E-state index contributed by atoms with van der Waals surface area (Å²) in [6.07, 6.45) is 7.24. The number of amides is 5. The third kappa shape index (κ3) is 32.2. The van der Waals surface area contributed by atoms with E-state index in [1.54, 1.807) is 13.8 Å². The molecule has 0 saturated heterocycles. The van der Waals surface area contributed by atoms with Gasteiger partial charge in [-0.25, -0.2) is 33.8 Å². The molecule has 66 heavy (non-hydrogen) atoms. The molecule has 1 aromatic heterocycles. The van der Waals surface area contributed by atoms with Crippen molar-refractivity contribution in [2.24, 2.45) is 22.7 Å². The summed E-state index contributed by atoms with van der Waals surface area (Å²) >= 11 is 0. The zero-order valence-electron chi connectivity index (χ0n) is 40.7. The van der Waals surface area contributed by atoms with E-state index in [2.05, 4.69) is 70.8 Å². The van der Waals surface area contributed by atoms with Crippen LogP contribution in [0, 0.1) is 29.6 Å². The zero-order valence-corrected chi connectivity index (χ0v) is 40.7. The minimum Gasteiger partial charge on any atom is -0.456 e. The monoisotopic (exact) mass is 938 g/mol. The van der Waals surface area contributed by atoms with Gasteiger partial charge >= 0.3 is 36.4 Å². The maximum atomic E-state index is 12.2. The van der Waals surface area contributed by atoms with Crippen molar-refractivity contribution < 1.29 is 57.2 Å². The van der Waals surface area contributed by atoms with Crippen LogP contribution in [0.15, 0.2) is 23.5 Å². The van der Waals surface area contributed by atoms with Crippen molar-refractivity contribution in [1.29, 1.82) is 0 Å². The summed E-state index contributed by atoms with van der Waals surface area (Å²) < 4.78 is 30.9. The molecule has 0 aliphatic rings. The van der Waals surface area contributed by atoms with Gasteiger partial charge in [0.05, 0.1) is 26.4 Å². The van der Waals surface area contributed by atoms with Crippen molar-refractivity contribution in [2.45, 2.75) is 139 Å². The Hall–Kier alpha value is -5.56. The van der Waals surface area contributed by atoms with E-state index >= 15 is 0 Å². The normalized spacial score (nSPS) is 12.6. The Labute approximate surface area is 390 Å². The van der Waals surface area contributed by atoms with Crippen molar-refractivity contribution in [1.82, 2.24) is 31.2 Å². The lowest BCUT2D eigenvalue weighted by Gasteiger charge is -2.28. The number of nitrogens with zero attached hydrogens (tertiary/aromatic N) is 1. The van der Waals surface area contributed by atoms with Gasteiger partial charge in [0, 0.05) is 44.0 Å². The molecule has 0 bridgehead atoms. The van der Waals surface area contributed by atoms with Gasteiger partial charge in [0.25, 0.3) is 5.56 Å². The van der Waals surface area contributed by atoms with Crippen molar-refractivity contribution in [3.63, 3.8) is 0 Å². The second-order valence-electron chi connectivity index (χ2n) is 18.3. The summed E-state index contributed by atoms with van der Waals surface area (Å²) in [4.78, 5) is 89.7. The Bertz CT molecular complexity index is 1690. The van der Waals surface area contributed by atoms with Gasteiger partial charge in [-0.15, -0.1) is 0 Å². The SMILES string of the molecule is C=CC(=O)OC(C)COC(=O)NCCC(C)(C)CC(C)CNC(=O)OCCCCCCOC(=O)OCCCCCCOC(=O)NCCC(C)(C)CC(C)CNC(=O)Nc1nc(C)cc(=O)[nH]1. The molecule has 1 heterocycles. The summed E-state index contributed by atoms with van der Waals surface area (Å²) in [6, 6.07) is 0.884. The molecule has 0 radical (unpaired) electrons. The van der Waals surface area contributed by atoms with E-state index in [9.17, 15) is 33.6 Å².